The molecule has 14 heavy (non-hydrogen) atoms. The number of nitrogens with two attached hydrogens (primary N) is 1. The Morgan fingerprint density at radius 1 is 1.64 bits per heavy atom. The van der Waals surface area contributed by atoms with Gasteiger partial charge in [-0.15, -0.1) is 11.3 Å². The number of hydrogen-bond donors (Lipinski definition) is 2. The molecule has 0 bridgehead atoms. The minimum Gasteiger partial charge on any atom is -0.388 e. The van der Waals surface area contributed by atoms with Crippen LogP contribution in [0.25, 0.3) is 0 Å². The second-order valence-corrected chi connectivity index (χ2v) is 4.96. The van der Waals surface area contributed by atoms with Crippen LogP contribution in [0.2, 0.25) is 0 Å². The van der Waals surface area contributed by atoms with Gasteiger partial charge in [0.25, 0.3) is 0 Å². The van der Waals surface area contributed by atoms with E-state index < -0.39 is 5.60 Å². The predicted octanol–water partition coefficient (Wildman–Crippen LogP) is 1.34. The molecule has 0 spiro atoms. The van der Waals surface area contributed by atoms with Gasteiger partial charge in [-0.1, -0.05) is 13.8 Å². The number of aliphatic hydroxyl groups is 1. The Hall–Kier alpha value is -0.450. The summed E-state index contributed by atoms with van der Waals surface area (Å²) in [5, 5.41) is 13.2. The summed E-state index contributed by atoms with van der Waals surface area (Å²) in [7, 11) is 0. The first-order chi connectivity index (χ1) is 6.48. The fourth-order valence-corrected chi connectivity index (χ4v) is 2.15. The van der Waals surface area contributed by atoms with Gasteiger partial charge in [-0.25, -0.2) is 4.98 Å². The highest BCUT2D eigenvalue weighted by Crippen LogP contribution is 2.23. The lowest BCUT2D eigenvalue weighted by Crippen LogP contribution is -2.44. The van der Waals surface area contributed by atoms with Crippen LogP contribution < -0.4 is 5.73 Å². The van der Waals surface area contributed by atoms with Crippen LogP contribution in [0.3, 0.4) is 0 Å². The molecule has 3 N–H and O–H groups in total. The van der Waals surface area contributed by atoms with Crippen LogP contribution in [-0.4, -0.2) is 22.2 Å². The van der Waals surface area contributed by atoms with Crippen molar-refractivity contribution in [2.24, 2.45) is 11.7 Å². The lowest BCUT2D eigenvalue weighted by Gasteiger charge is -2.29. The molecule has 0 saturated carbocycles. The van der Waals surface area contributed by atoms with Crippen LogP contribution in [-0.2, 0) is 6.42 Å². The van der Waals surface area contributed by atoms with E-state index in [-0.39, 0.29) is 12.5 Å². The van der Waals surface area contributed by atoms with Crippen LogP contribution in [0.5, 0.6) is 0 Å². The molecule has 4 heteroatoms. The molecule has 0 amide bonds. The Balaban J connectivity index is 2.75. The van der Waals surface area contributed by atoms with E-state index in [0.29, 0.717) is 6.42 Å². The van der Waals surface area contributed by atoms with Crippen LogP contribution >= 0.6 is 11.3 Å². The summed E-state index contributed by atoms with van der Waals surface area (Å²) in [5.41, 5.74) is 5.78. The highest BCUT2D eigenvalue weighted by Gasteiger charge is 2.30. The molecule has 0 aliphatic carbocycles. The van der Waals surface area contributed by atoms with Gasteiger partial charge in [0.15, 0.2) is 0 Å². The summed E-state index contributed by atoms with van der Waals surface area (Å²) in [6, 6.07) is 0. The average molecular weight is 214 g/mol. The molecular formula is C10H18N2OS. The van der Waals surface area contributed by atoms with E-state index in [2.05, 4.69) is 4.98 Å². The Morgan fingerprint density at radius 3 is 2.64 bits per heavy atom. The highest BCUT2D eigenvalue weighted by atomic mass is 32.1. The van der Waals surface area contributed by atoms with E-state index in [0.717, 1.165) is 10.7 Å². The van der Waals surface area contributed by atoms with Crippen molar-refractivity contribution in [2.45, 2.75) is 32.8 Å². The molecule has 0 aliphatic heterocycles. The monoisotopic (exact) mass is 214 g/mol. The predicted molar refractivity (Wildman–Crippen MR) is 59.4 cm³/mol. The van der Waals surface area contributed by atoms with Gasteiger partial charge < -0.3 is 10.8 Å². The molecule has 0 radical (unpaired) electrons. The SMILES string of the molecule is Cc1csc(CC(O)(CN)C(C)C)n1. The van der Waals surface area contributed by atoms with E-state index in [1.165, 1.54) is 0 Å². The molecule has 1 rings (SSSR count). The molecule has 0 aromatic carbocycles. The van der Waals surface area contributed by atoms with Crippen molar-refractivity contribution in [1.82, 2.24) is 4.98 Å². The largest absolute Gasteiger partial charge is 0.388 e. The van der Waals surface area contributed by atoms with Crippen LogP contribution in [0.1, 0.15) is 24.5 Å². The van der Waals surface area contributed by atoms with E-state index in [1.807, 2.05) is 26.2 Å². The number of thiazole rings is 1. The van der Waals surface area contributed by atoms with Gasteiger partial charge in [0, 0.05) is 24.0 Å². The number of nitrogens with zero attached hydrogens (tertiary/aromatic N) is 1. The number of aromatic nitrogens is 1. The lowest BCUT2D eigenvalue weighted by molar-refractivity contribution is 0.00403. The zero-order valence-corrected chi connectivity index (χ0v) is 9.77. The first kappa shape index (κ1) is 11.6. The fraction of sp³-hybridized carbons (Fsp3) is 0.700. The maximum atomic E-state index is 10.2. The zero-order valence-electron chi connectivity index (χ0n) is 8.95. The number of aryl methyl sites for hydroxylation is 1. The second-order valence-electron chi connectivity index (χ2n) is 4.02. The van der Waals surface area contributed by atoms with Gasteiger partial charge in [-0.3, -0.25) is 0 Å². The molecule has 0 aliphatic rings. The zero-order chi connectivity index (χ0) is 10.8. The topological polar surface area (TPSA) is 59.1 Å². The van der Waals surface area contributed by atoms with Crippen molar-refractivity contribution < 1.29 is 5.11 Å². The second kappa shape index (κ2) is 4.38. The molecule has 1 atom stereocenters. The van der Waals surface area contributed by atoms with E-state index >= 15 is 0 Å². The average Bonchev–Trinajstić information content (AvgIpc) is 2.50. The van der Waals surface area contributed by atoms with Crippen molar-refractivity contribution in [3.8, 4) is 0 Å². The van der Waals surface area contributed by atoms with Crippen LogP contribution in [0.15, 0.2) is 5.38 Å². The van der Waals surface area contributed by atoms with E-state index in [1.54, 1.807) is 11.3 Å². The maximum absolute atomic E-state index is 10.2. The van der Waals surface area contributed by atoms with Gasteiger partial charge in [-0.05, 0) is 12.8 Å². The third-order valence-corrected chi connectivity index (χ3v) is 3.52. The minimum atomic E-state index is -0.815. The maximum Gasteiger partial charge on any atom is 0.0957 e. The molecule has 0 saturated heterocycles. The van der Waals surface area contributed by atoms with Gasteiger partial charge >= 0.3 is 0 Å². The summed E-state index contributed by atoms with van der Waals surface area (Å²) in [6.45, 7) is 6.20. The Labute approximate surface area is 89.0 Å². The molecule has 0 fully saturated rings. The van der Waals surface area contributed by atoms with Crippen LogP contribution in [0.4, 0.5) is 0 Å². The molecule has 1 aromatic rings. The molecular weight excluding hydrogens is 196 g/mol. The molecule has 80 valence electrons. The summed E-state index contributed by atoms with van der Waals surface area (Å²) >= 11 is 1.58. The normalized spacial score (nSPS) is 15.9. The molecule has 3 nitrogen and oxygen atoms in total. The summed E-state index contributed by atoms with van der Waals surface area (Å²) < 4.78 is 0. The van der Waals surface area contributed by atoms with Crippen molar-refractivity contribution in [1.29, 1.82) is 0 Å². The molecule has 1 unspecified atom stereocenters. The first-order valence-electron chi connectivity index (χ1n) is 4.81. The number of rotatable bonds is 4. The van der Waals surface area contributed by atoms with Crippen molar-refractivity contribution in [2.75, 3.05) is 6.54 Å². The lowest BCUT2D eigenvalue weighted by atomic mass is 9.87. The van der Waals surface area contributed by atoms with Crippen LogP contribution in [0, 0.1) is 12.8 Å². The van der Waals surface area contributed by atoms with E-state index in [4.69, 9.17) is 5.73 Å². The van der Waals surface area contributed by atoms with Gasteiger partial charge in [0.2, 0.25) is 0 Å². The van der Waals surface area contributed by atoms with Crippen molar-refractivity contribution in [3.05, 3.63) is 16.1 Å². The summed E-state index contributed by atoms with van der Waals surface area (Å²) in [6.07, 6.45) is 0.555. The van der Waals surface area contributed by atoms with E-state index in [9.17, 15) is 5.11 Å². The smallest absolute Gasteiger partial charge is 0.0957 e. The van der Waals surface area contributed by atoms with Gasteiger partial charge in [0.1, 0.15) is 0 Å². The molecule has 1 heterocycles. The standard InChI is InChI=1S/C10H18N2OS/c1-7(2)10(13,6-11)4-9-12-8(3)5-14-9/h5,7,13H,4,6,11H2,1-3H3. The van der Waals surface area contributed by atoms with Crippen molar-refractivity contribution in [3.63, 3.8) is 0 Å². The Morgan fingerprint density at radius 2 is 2.29 bits per heavy atom. The minimum absolute atomic E-state index is 0.150. The number of hydrogen-bond acceptors (Lipinski definition) is 4. The Bertz CT molecular complexity index is 298. The molecule has 1 aromatic heterocycles. The van der Waals surface area contributed by atoms with Gasteiger partial charge in [-0.2, -0.15) is 0 Å². The van der Waals surface area contributed by atoms with Crippen molar-refractivity contribution >= 4 is 11.3 Å². The Kier molecular flexibility index (Phi) is 3.64. The third kappa shape index (κ3) is 2.53. The third-order valence-electron chi connectivity index (χ3n) is 2.55. The van der Waals surface area contributed by atoms with Gasteiger partial charge in [0.05, 0.1) is 10.6 Å². The first-order valence-corrected chi connectivity index (χ1v) is 5.69. The summed E-state index contributed by atoms with van der Waals surface area (Å²) in [5.74, 6) is 0.150. The summed E-state index contributed by atoms with van der Waals surface area (Å²) in [4.78, 5) is 4.33. The quantitative estimate of drug-likeness (QED) is 0.795. The fourth-order valence-electron chi connectivity index (χ4n) is 1.26. The highest BCUT2D eigenvalue weighted by molar-refractivity contribution is 7.09.